The third-order valence-corrected chi connectivity index (χ3v) is 4.02. The molecule has 112 valence electrons. The Morgan fingerprint density at radius 1 is 1.45 bits per heavy atom. The minimum atomic E-state index is 0.145. The second kappa shape index (κ2) is 8.15. The monoisotopic (exact) mass is 341 g/mol. The molecule has 20 heavy (non-hydrogen) atoms. The lowest BCUT2D eigenvalue weighted by Crippen LogP contribution is -2.35. The van der Waals surface area contributed by atoms with Gasteiger partial charge in [0.05, 0.1) is 0 Å². The highest BCUT2D eigenvalue weighted by Gasteiger charge is 2.18. The highest BCUT2D eigenvalue weighted by atomic mass is 79.9. The molecule has 3 N–H and O–H groups in total. The van der Waals surface area contributed by atoms with Gasteiger partial charge in [-0.1, -0.05) is 41.4 Å². The molecule has 0 bridgehead atoms. The molecule has 0 heterocycles. The zero-order valence-electron chi connectivity index (χ0n) is 12.4. The lowest BCUT2D eigenvalue weighted by atomic mass is 10.1. The number of hydrogen-bond donors (Lipinski definition) is 2. The number of nitrogens with two attached hydrogens (primary N) is 1. The summed E-state index contributed by atoms with van der Waals surface area (Å²) in [5.74, 6) is 0.145. The van der Waals surface area contributed by atoms with E-state index < -0.39 is 0 Å². The molecule has 0 amide bonds. The highest BCUT2D eigenvalue weighted by molar-refractivity contribution is 9.10. The van der Waals surface area contributed by atoms with E-state index in [1.165, 1.54) is 0 Å². The van der Waals surface area contributed by atoms with Crippen molar-refractivity contribution in [3.8, 4) is 0 Å². The van der Waals surface area contributed by atoms with Crippen LogP contribution >= 0.6 is 15.9 Å². The van der Waals surface area contributed by atoms with Crippen LogP contribution in [0.1, 0.15) is 45.6 Å². The van der Waals surface area contributed by atoms with Gasteiger partial charge in [0.1, 0.15) is 0 Å². The van der Waals surface area contributed by atoms with Crippen molar-refractivity contribution in [1.82, 2.24) is 0 Å². The maximum Gasteiger partial charge on any atom is 0.172 e. The molecule has 5 heteroatoms. The summed E-state index contributed by atoms with van der Waals surface area (Å²) in [6.07, 6.45) is 3.31. The van der Waals surface area contributed by atoms with Crippen LogP contribution in [0.3, 0.4) is 0 Å². The number of halogens is 1. The number of anilines is 1. The lowest BCUT2D eigenvalue weighted by molar-refractivity contribution is 0.318. The Balaban J connectivity index is 3.24. The summed E-state index contributed by atoms with van der Waals surface area (Å²) in [5.41, 5.74) is 7.61. The fourth-order valence-electron chi connectivity index (χ4n) is 2.14. The van der Waals surface area contributed by atoms with Crippen molar-refractivity contribution in [1.29, 1.82) is 0 Å². The number of amidine groups is 1. The van der Waals surface area contributed by atoms with E-state index in [2.05, 4.69) is 46.8 Å². The largest absolute Gasteiger partial charge is 0.409 e. The molecule has 1 atom stereocenters. The van der Waals surface area contributed by atoms with Gasteiger partial charge in [0.2, 0.25) is 0 Å². The van der Waals surface area contributed by atoms with Crippen LogP contribution in [-0.2, 0) is 0 Å². The van der Waals surface area contributed by atoms with Crippen LogP contribution in [0.15, 0.2) is 27.8 Å². The Bertz CT molecular complexity index is 462. The molecule has 0 spiro atoms. The van der Waals surface area contributed by atoms with Crippen LogP contribution < -0.4 is 10.6 Å². The predicted octanol–water partition coefficient (Wildman–Crippen LogP) is 3.95. The Kier molecular flexibility index (Phi) is 6.85. The standard InChI is InChI=1S/C15H24BrN3O/c1-4-6-9-19(11(3)5-2)14-8-7-12(16)10-13(14)15(17)18-20/h7-8,10-11,20H,4-6,9H2,1-3H3,(H2,17,18). The van der Waals surface area contributed by atoms with Gasteiger partial charge in [-0.2, -0.15) is 0 Å². The highest BCUT2D eigenvalue weighted by Crippen LogP contribution is 2.27. The second-order valence-corrected chi connectivity index (χ2v) is 5.87. The molecule has 0 saturated heterocycles. The topological polar surface area (TPSA) is 61.8 Å². The third-order valence-electron chi connectivity index (χ3n) is 3.53. The quantitative estimate of drug-likeness (QED) is 0.341. The van der Waals surface area contributed by atoms with Crippen molar-refractivity contribution in [2.75, 3.05) is 11.4 Å². The van der Waals surface area contributed by atoms with Crippen molar-refractivity contribution in [2.45, 2.75) is 46.1 Å². The van der Waals surface area contributed by atoms with Gasteiger partial charge in [-0.25, -0.2) is 0 Å². The minimum Gasteiger partial charge on any atom is -0.409 e. The maximum absolute atomic E-state index is 8.99. The average Bonchev–Trinajstić information content (AvgIpc) is 2.47. The Morgan fingerprint density at radius 2 is 2.15 bits per heavy atom. The van der Waals surface area contributed by atoms with Gasteiger partial charge in [0.15, 0.2) is 5.84 Å². The molecule has 0 aliphatic rings. The molecule has 0 fully saturated rings. The van der Waals surface area contributed by atoms with E-state index in [4.69, 9.17) is 10.9 Å². The third kappa shape index (κ3) is 4.13. The van der Waals surface area contributed by atoms with Crippen molar-refractivity contribution in [3.05, 3.63) is 28.2 Å². The normalized spacial score (nSPS) is 13.3. The Labute approximate surface area is 129 Å². The fraction of sp³-hybridized carbons (Fsp3) is 0.533. The van der Waals surface area contributed by atoms with E-state index in [1.807, 2.05) is 18.2 Å². The summed E-state index contributed by atoms with van der Waals surface area (Å²) in [4.78, 5) is 2.34. The van der Waals surface area contributed by atoms with Crippen LogP contribution in [0.25, 0.3) is 0 Å². The number of nitrogens with zero attached hydrogens (tertiary/aromatic N) is 2. The van der Waals surface area contributed by atoms with E-state index in [0.29, 0.717) is 6.04 Å². The van der Waals surface area contributed by atoms with Crippen LogP contribution in [0.4, 0.5) is 5.69 Å². The predicted molar refractivity (Wildman–Crippen MR) is 88.7 cm³/mol. The zero-order valence-corrected chi connectivity index (χ0v) is 14.0. The molecule has 0 aliphatic heterocycles. The van der Waals surface area contributed by atoms with E-state index >= 15 is 0 Å². The molecular weight excluding hydrogens is 318 g/mol. The number of benzene rings is 1. The molecule has 1 aromatic carbocycles. The number of rotatable bonds is 7. The first-order valence-electron chi connectivity index (χ1n) is 7.09. The Morgan fingerprint density at radius 3 is 2.70 bits per heavy atom. The summed E-state index contributed by atoms with van der Waals surface area (Å²) < 4.78 is 0.919. The first-order chi connectivity index (χ1) is 9.54. The molecular formula is C15H24BrN3O. The van der Waals surface area contributed by atoms with Crippen LogP contribution in [-0.4, -0.2) is 23.6 Å². The minimum absolute atomic E-state index is 0.145. The molecule has 0 saturated carbocycles. The number of hydrogen-bond acceptors (Lipinski definition) is 3. The van der Waals surface area contributed by atoms with Crippen molar-refractivity contribution < 1.29 is 5.21 Å². The van der Waals surface area contributed by atoms with Gasteiger partial charge in [-0.15, -0.1) is 0 Å². The van der Waals surface area contributed by atoms with E-state index in [0.717, 1.165) is 41.5 Å². The lowest BCUT2D eigenvalue weighted by Gasteiger charge is -2.32. The number of oxime groups is 1. The summed E-state index contributed by atoms with van der Waals surface area (Å²) in [5, 5.41) is 12.1. The van der Waals surface area contributed by atoms with Crippen molar-refractivity contribution >= 4 is 27.5 Å². The van der Waals surface area contributed by atoms with E-state index in [-0.39, 0.29) is 5.84 Å². The zero-order chi connectivity index (χ0) is 15.1. The maximum atomic E-state index is 8.99. The molecule has 0 aliphatic carbocycles. The van der Waals surface area contributed by atoms with Crippen molar-refractivity contribution in [3.63, 3.8) is 0 Å². The van der Waals surface area contributed by atoms with Crippen molar-refractivity contribution in [2.24, 2.45) is 10.9 Å². The first kappa shape index (κ1) is 16.8. The van der Waals surface area contributed by atoms with E-state index in [9.17, 15) is 0 Å². The van der Waals surface area contributed by atoms with Crippen LogP contribution in [0, 0.1) is 0 Å². The van der Waals surface area contributed by atoms with Crippen LogP contribution in [0.2, 0.25) is 0 Å². The first-order valence-corrected chi connectivity index (χ1v) is 7.88. The van der Waals surface area contributed by atoms with Gasteiger partial charge in [0, 0.05) is 28.3 Å². The van der Waals surface area contributed by atoms with Gasteiger partial charge in [0.25, 0.3) is 0 Å². The summed E-state index contributed by atoms with van der Waals surface area (Å²) >= 11 is 3.44. The average molecular weight is 342 g/mol. The van der Waals surface area contributed by atoms with Gasteiger partial charge in [-0.3, -0.25) is 0 Å². The molecule has 1 rings (SSSR count). The summed E-state index contributed by atoms with van der Waals surface area (Å²) in [7, 11) is 0. The number of unbranched alkanes of at least 4 members (excludes halogenated alkanes) is 1. The Hall–Kier alpha value is -1.23. The molecule has 0 aromatic heterocycles. The molecule has 4 nitrogen and oxygen atoms in total. The van der Waals surface area contributed by atoms with E-state index in [1.54, 1.807) is 0 Å². The molecule has 1 aromatic rings. The SMILES string of the molecule is CCCCN(c1ccc(Br)cc1/C(N)=N/O)C(C)CC. The smallest absolute Gasteiger partial charge is 0.172 e. The molecule has 0 radical (unpaired) electrons. The second-order valence-electron chi connectivity index (χ2n) is 4.95. The fourth-order valence-corrected chi connectivity index (χ4v) is 2.51. The molecule has 1 unspecified atom stereocenters. The van der Waals surface area contributed by atoms with Gasteiger partial charge < -0.3 is 15.8 Å². The summed E-state index contributed by atoms with van der Waals surface area (Å²) in [6, 6.07) is 6.32. The summed E-state index contributed by atoms with van der Waals surface area (Å²) in [6.45, 7) is 7.53. The van der Waals surface area contributed by atoms with Gasteiger partial charge >= 0.3 is 0 Å². The van der Waals surface area contributed by atoms with Gasteiger partial charge in [-0.05, 0) is 38.0 Å². The van der Waals surface area contributed by atoms with Crippen LogP contribution in [0.5, 0.6) is 0 Å².